The maximum atomic E-state index is 9.73. The number of hydrogen-bond acceptors (Lipinski definition) is 3. The third-order valence-corrected chi connectivity index (χ3v) is 2.55. The average molecular weight is 231 g/mol. The van der Waals surface area contributed by atoms with E-state index in [0.717, 1.165) is 5.56 Å². The van der Waals surface area contributed by atoms with E-state index in [1.165, 1.54) is 0 Å². The summed E-state index contributed by atoms with van der Waals surface area (Å²) in [6.07, 6.45) is -0.715. The molecule has 0 radical (unpaired) electrons. The summed E-state index contributed by atoms with van der Waals surface area (Å²) in [4.78, 5) is 0. The molecule has 0 saturated heterocycles. The van der Waals surface area contributed by atoms with Crippen LogP contribution in [-0.4, -0.2) is 25.2 Å². The number of hydrogen-bond donors (Lipinski definition) is 1. The number of benzene rings is 1. The second-order valence-corrected chi connectivity index (χ2v) is 3.54. The van der Waals surface area contributed by atoms with Gasteiger partial charge in [-0.1, -0.05) is 0 Å². The molecule has 1 aromatic rings. The van der Waals surface area contributed by atoms with Gasteiger partial charge < -0.3 is 14.6 Å². The van der Waals surface area contributed by atoms with Crippen molar-refractivity contribution in [2.24, 2.45) is 0 Å². The van der Waals surface area contributed by atoms with E-state index in [-0.39, 0.29) is 5.88 Å². The van der Waals surface area contributed by atoms with Crippen LogP contribution in [0.4, 0.5) is 0 Å². The molecule has 0 aromatic heterocycles. The Bertz CT molecular complexity index is 339. The number of methoxy groups -OCH3 is 2. The van der Waals surface area contributed by atoms with E-state index in [0.29, 0.717) is 17.1 Å². The fraction of sp³-hybridized carbons (Fsp3) is 0.455. The Labute approximate surface area is 94.6 Å². The molecular formula is C11H15ClO3. The van der Waals surface area contributed by atoms with E-state index < -0.39 is 6.10 Å². The predicted octanol–water partition coefficient (Wildman–Crippen LogP) is 2.28. The summed E-state index contributed by atoms with van der Waals surface area (Å²) in [5, 5.41) is 9.73. The van der Waals surface area contributed by atoms with Crippen LogP contribution in [0.2, 0.25) is 0 Å². The van der Waals surface area contributed by atoms with Gasteiger partial charge >= 0.3 is 0 Å². The zero-order valence-electron chi connectivity index (χ0n) is 9.08. The van der Waals surface area contributed by atoms with Crippen LogP contribution in [0.25, 0.3) is 0 Å². The van der Waals surface area contributed by atoms with Gasteiger partial charge in [0.25, 0.3) is 0 Å². The maximum absolute atomic E-state index is 9.73. The molecule has 15 heavy (non-hydrogen) atoms. The lowest BCUT2D eigenvalue weighted by molar-refractivity contribution is 0.196. The van der Waals surface area contributed by atoms with Gasteiger partial charge in [-0.25, -0.2) is 0 Å². The van der Waals surface area contributed by atoms with Crippen LogP contribution in [0.5, 0.6) is 11.5 Å². The topological polar surface area (TPSA) is 38.7 Å². The van der Waals surface area contributed by atoms with Crippen molar-refractivity contribution in [3.63, 3.8) is 0 Å². The molecule has 1 aromatic carbocycles. The van der Waals surface area contributed by atoms with Crippen molar-refractivity contribution in [3.8, 4) is 11.5 Å². The van der Waals surface area contributed by atoms with E-state index in [9.17, 15) is 5.11 Å². The average Bonchev–Trinajstić information content (AvgIpc) is 2.26. The van der Waals surface area contributed by atoms with E-state index in [1.807, 2.05) is 13.0 Å². The van der Waals surface area contributed by atoms with Crippen molar-refractivity contribution in [2.75, 3.05) is 20.1 Å². The van der Waals surface area contributed by atoms with Crippen LogP contribution in [-0.2, 0) is 0 Å². The first-order valence-electron chi connectivity index (χ1n) is 4.60. The summed E-state index contributed by atoms with van der Waals surface area (Å²) >= 11 is 5.62. The summed E-state index contributed by atoms with van der Waals surface area (Å²) in [5.74, 6) is 1.44. The molecule has 0 saturated carbocycles. The summed E-state index contributed by atoms with van der Waals surface area (Å²) in [7, 11) is 3.14. The highest BCUT2D eigenvalue weighted by Gasteiger charge is 2.16. The number of alkyl halides is 1. The molecule has 0 spiro atoms. The van der Waals surface area contributed by atoms with E-state index in [2.05, 4.69) is 0 Å². The first kappa shape index (κ1) is 12.1. The quantitative estimate of drug-likeness (QED) is 0.807. The second kappa shape index (κ2) is 5.24. The molecule has 3 nitrogen and oxygen atoms in total. The predicted molar refractivity (Wildman–Crippen MR) is 60.0 cm³/mol. The number of aliphatic hydroxyl groups excluding tert-OH is 1. The molecule has 0 amide bonds. The van der Waals surface area contributed by atoms with Gasteiger partial charge in [-0.2, -0.15) is 0 Å². The summed E-state index contributed by atoms with van der Waals surface area (Å²) < 4.78 is 10.3. The number of rotatable bonds is 4. The highest BCUT2D eigenvalue weighted by molar-refractivity contribution is 6.18. The monoisotopic (exact) mass is 230 g/mol. The molecule has 4 heteroatoms. The van der Waals surface area contributed by atoms with Crippen LogP contribution >= 0.6 is 11.6 Å². The van der Waals surface area contributed by atoms with Gasteiger partial charge in [-0.3, -0.25) is 0 Å². The molecule has 0 aliphatic carbocycles. The lowest BCUT2D eigenvalue weighted by Gasteiger charge is -2.16. The zero-order valence-corrected chi connectivity index (χ0v) is 9.84. The summed E-state index contributed by atoms with van der Waals surface area (Å²) in [5.41, 5.74) is 1.62. The highest BCUT2D eigenvalue weighted by atomic mass is 35.5. The van der Waals surface area contributed by atoms with Crippen molar-refractivity contribution in [2.45, 2.75) is 13.0 Å². The number of halogens is 1. The van der Waals surface area contributed by atoms with Gasteiger partial charge in [-0.05, 0) is 18.6 Å². The molecule has 1 atom stereocenters. The molecule has 1 unspecified atom stereocenters. The molecule has 0 aliphatic rings. The minimum Gasteiger partial charge on any atom is -0.497 e. The number of aliphatic hydroxyl groups is 1. The van der Waals surface area contributed by atoms with Gasteiger partial charge in [0, 0.05) is 11.6 Å². The lowest BCUT2D eigenvalue weighted by atomic mass is 10.0. The minimum absolute atomic E-state index is 0.142. The van der Waals surface area contributed by atoms with E-state index in [4.69, 9.17) is 21.1 Å². The molecule has 1 rings (SSSR count). The van der Waals surface area contributed by atoms with Gasteiger partial charge in [0.05, 0.1) is 26.2 Å². The van der Waals surface area contributed by atoms with Crippen LogP contribution in [0.15, 0.2) is 12.1 Å². The number of ether oxygens (including phenoxy) is 2. The fourth-order valence-corrected chi connectivity index (χ4v) is 1.68. The van der Waals surface area contributed by atoms with Gasteiger partial charge in [0.15, 0.2) is 0 Å². The fourth-order valence-electron chi connectivity index (χ4n) is 1.52. The molecule has 1 N–H and O–H groups in total. The smallest absolute Gasteiger partial charge is 0.128 e. The highest BCUT2D eigenvalue weighted by Crippen LogP contribution is 2.33. The first-order valence-corrected chi connectivity index (χ1v) is 5.14. The Balaban J connectivity index is 3.24. The van der Waals surface area contributed by atoms with E-state index in [1.54, 1.807) is 20.3 Å². The van der Waals surface area contributed by atoms with Crippen molar-refractivity contribution in [3.05, 3.63) is 23.3 Å². The number of aryl methyl sites for hydroxylation is 1. The molecule has 0 fully saturated rings. The van der Waals surface area contributed by atoms with Gasteiger partial charge in [0.2, 0.25) is 0 Å². The van der Waals surface area contributed by atoms with Crippen LogP contribution in [0.1, 0.15) is 17.2 Å². The second-order valence-electron chi connectivity index (χ2n) is 3.23. The molecule has 0 heterocycles. The Morgan fingerprint density at radius 2 is 2.00 bits per heavy atom. The summed E-state index contributed by atoms with van der Waals surface area (Å²) in [6, 6.07) is 3.58. The molecule has 0 aliphatic heterocycles. The minimum atomic E-state index is -0.715. The third-order valence-electron chi connectivity index (χ3n) is 2.26. The van der Waals surface area contributed by atoms with Crippen LogP contribution in [0.3, 0.4) is 0 Å². The van der Waals surface area contributed by atoms with Crippen molar-refractivity contribution in [1.82, 2.24) is 0 Å². The largest absolute Gasteiger partial charge is 0.497 e. The van der Waals surface area contributed by atoms with Crippen molar-refractivity contribution in [1.29, 1.82) is 0 Å². The Morgan fingerprint density at radius 3 is 2.47 bits per heavy atom. The zero-order chi connectivity index (χ0) is 11.4. The Hall–Kier alpha value is -0.930. The van der Waals surface area contributed by atoms with Crippen molar-refractivity contribution < 1.29 is 14.6 Å². The SMILES string of the molecule is COc1cc(C)c(C(O)CCl)c(OC)c1. The van der Waals surface area contributed by atoms with Crippen LogP contribution in [0, 0.1) is 6.92 Å². The van der Waals surface area contributed by atoms with Crippen molar-refractivity contribution >= 4 is 11.6 Å². The third kappa shape index (κ3) is 2.55. The Kier molecular flexibility index (Phi) is 4.24. The molecule has 0 bridgehead atoms. The lowest BCUT2D eigenvalue weighted by Crippen LogP contribution is -2.05. The van der Waals surface area contributed by atoms with Crippen LogP contribution < -0.4 is 9.47 Å². The van der Waals surface area contributed by atoms with Gasteiger partial charge in [0.1, 0.15) is 11.5 Å². The standard InChI is InChI=1S/C11H15ClO3/c1-7-4-8(14-2)5-10(15-3)11(7)9(13)6-12/h4-5,9,13H,6H2,1-3H3. The Morgan fingerprint density at radius 1 is 1.33 bits per heavy atom. The maximum Gasteiger partial charge on any atom is 0.128 e. The molecular weight excluding hydrogens is 216 g/mol. The van der Waals surface area contributed by atoms with Gasteiger partial charge in [-0.15, -0.1) is 11.6 Å². The summed E-state index contributed by atoms with van der Waals surface area (Å²) in [6.45, 7) is 1.89. The van der Waals surface area contributed by atoms with E-state index >= 15 is 0 Å². The normalized spacial score (nSPS) is 12.3. The first-order chi connectivity index (χ1) is 7.13. The molecule has 84 valence electrons.